The highest BCUT2D eigenvalue weighted by Crippen LogP contribution is 2.33. The molecule has 5 nitrogen and oxygen atoms in total. The molecule has 0 aliphatic rings. The van der Waals surface area contributed by atoms with Gasteiger partial charge in [0.05, 0.1) is 18.3 Å². The lowest BCUT2D eigenvalue weighted by Crippen LogP contribution is -2.18. The minimum absolute atomic E-state index is 0.0531. The third kappa shape index (κ3) is 1.73. The van der Waals surface area contributed by atoms with Crippen molar-refractivity contribution in [2.45, 2.75) is 6.92 Å². The summed E-state index contributed by atoms with van der Waals surface area (Å²) in [5.74, 6) is -0.202. The van der Waals surface area contributed by atoms with Gasteiger partial charge in [0.15, 0.2) is 5.75 Å². The molecule has 2 rings (SSSR count). The molecular formula is C13H14N2O3. The Bertz CT molecular complexity index is 687. The third-order valence-electron chi connectivity index (χ3n) is 2.79. The van der Waals surface area contributed by atoms with E-state index in [2.05, 4.69) is 4.99 Å². The fraction of sp³-hybridized carbons (Fsp3) is 0.231. The summed E-state index contributed by atoms with van der Waals surface area (Å²) in [6.45, 7) is 1.81. The Kier molecular flexibility index (Phi) is 3.06. The van der Waals surface area contributed by atoms with E-state index in [1.54, 1.807) is 31.5 Å². The molecule has 0 bridgehead atoms. The fourth-order valence-corrected chi connectivity index (χ4v) is 1.90. The van der Waals surface area contributed by atoms with E-state index in [9.17, 15) is 9.90 Å². The SMILES string of the molecule is CC=Nc1ccc2c(c1)c(O)c(OC)c(=O)n2C. The first-order valence-corrected chi connectivity index (χ1v) is 5.48. The van der Waals surface area contributed by atoms with Crippen LogP contribution in [-0.4, -0.2) is 23.0 Å². The second kappa shape index (κ2) is 4.52. The van der Waals surface area contributed by atoms with Gasteiger partial charge in [0.25, 0.3) is 5.56 Å². The quantitative estimate of drug-likeness (QED) is 0.824. The topological polar surface area (TPSA) is 63.8 Å². The average Bonchev–Trinajstić information content (AvgIpc) is 2.37. The van der Waals surface area contributed by atoms with E-state index >= 15 is 0 Å². The van der Waals surface area contributed by atoms with Crippen molar-refractivity contribution in [1.29, 1.82) is 0 Å². The molecule has 0 fully saturated rings. The highest BCUT2D eigenvalue weighted by Gasteiger charge is 2.15. The largest absolute Gasteiger partial charge is 0.504 e. The van der Waals surface area contributed by atoms with Gasteiger partial charge in [0.1, 0.15) is 0 Å². The number of aliphatic imine (C=N–C) groups is 1. The Balaban J connectivity index is 2.90. The number of methoxy groups -OCH3 is 1. The monoisotopic (exact) mass is 246 g/mol. The van der Waals surface area contributed by atoms with Crippen molar-refractivity contribution in [3.63, 3.8) is 0 Å². The van der Waals surface area contributed by atoms with Gasteiger partial charge < -0.3 is 14.4 Å². The normalized spacial score (nSPS) is 11.3. The fourth-order valence-electron chi connectivity index (χ4n) is 1.90. The van der Waals surface area contributed by atoms with Gasteiger partial charge in [0.2, 0.25) is 5.75 Å². The molecule has 18 heavy (non-hydrogen) atoms. The Morgan fingerprint density at radius 1 is 1.44 bits per heavy atom. The highest BCUT2D eigenvalue weighted by atomic mass is 16.5. The number of pyridine rings is 1. The maximum atomic E-state index is 11.9. The minimum Gasteiger partial charge on any atom is -0.504 e. The highest BCUT2D eigenvalue weighted by molar-refractivity contribution is 5.90. The molecule has 1 aromatic carbocycles. The number of aromatic hydroxyl groups is 1. The first-order valence-electron chi connectivity index (χ1n) is 5.48. The second-order valence-corrected chi connectivity index (χ2v) is 3.83. The number of benzene rings is 1. The molecule has 94 valence electrons. The van der Waals surface area contributed by atoms with Crippen LogP contribution in [0, 0.1) is 0 Å². The van der Waals surface area contributed by atoms with Crippen LogP contribution in [0.5, 0.6) is 11.5 Å². The molecule has 1 aromatic heterocycles. The van der Waals surface area contributed by atoms with Crippen LogP contribution in [0.4, 0.5) is 5.69 Å². The zero-order valence-corrected chi connectivity index (χ0v) is 10.5. The van der Waals surface area contributed by atoms with Crippen LogP contribution in [0.2, 0.25) is 0 Å². The maximum absolute atomic E-state index is 11.9. The lowest BCUT2D eigenvalue weighted by Gasteiger charge is -2.11. The molecule has 0 aliphatic carbocycles. The molecule has 0 radical (unpaired) electrons. The standard InChI is InChI=1S/C13H14N2O3/c1-4-14-8-5-6-10-9(7-8)11(16)12(18-3)13(17)15(10)2/h4-7,16H,1-3H3. The molecular weight excluding hydrogens is 232 g/mol. The van der Waals surface area contributed by atoms with Crippen LogP contribution < -0.4 is 10.3 Å². The van der Waals surface area contributed by atoms with Gasteiger partial charge in [-0.3, -0.25) is 9.79 Å². The van der Waals surface area contributed by atoms with E-state index in [0.29, 0.717) is 16.6 Å². The number of nitrogens with zero attached hydrogens (tertiary/aromatic N) is 2. The summed E-state index contributed by atoms with van der Waals surface area (Å²) in [6, 6.07) is 5.25. The van der Waals surface area contributed by atoms with Gasteiger partial charge in [-0.25, -0.2) is 0 Å². The Morgan fingerprint density at radius 2 is 2.17 bits per heavy atom. The van der Waals surface area contributed by atoms with Gasteiger partial charge in [-0.2, -0.15) is 0 Å². The molecule has 0 saturated heterocycles. The summed E-state index contributed by atoms with van der Waals surface area (Å²) in [5, 5.41) is 10.6. The van der Waals surface area contributed by atoms with E-state index in [4.69, 9.17) is 4.74 Å². The first kappa shape index (κ1) is 12.2. The number of aromatic nitrogens is 1. The van der Waals surface area contributed by atoms with E-state index in [1.807, 2.05) is 6.92 Å². The van der Waals surface area contributed by atoms with Crippen LogP contribution in [0.15, 0.2) is 28.0 Å². The summed E-state index contributed by atoms with van der Waals surface area (Å²) in [6.07, 6.45) is 1.66. The smallest absolute Gasteiger partial charge is 0.297 e. The third-order valence-corrected chi connectivity index (χ3v) is 2.79. The number of aryl methyl sites for hydroxylation is 1. The molecule has 0 atom stereocenters. The van der Waals surface area contributed by atoms with Gasteiger partial charge in [0, 0.05) is 18.6 Å². The van der Waals surface area contributed by atoms with Crippen LogP contribution in [-0.2, 0) is 7.05 Å². The van der Waals surface area contributed by atoms with Crippen molar-refractivity contribution >= 4 is 22.8 Å². The number of fused-ring (bicyclic) bond motifs is 1. The summed E-state index contributed by atoms with van der Waals surface area (Å²) >= 11 is 0. The maximum Gasteiger partial charge on any atom is 0.297 e. The van der Waals surface area contributed by atoms with Crippen LogP contribution >= 0.6 is 0 Å². The zero-order chi connectivity index (χ0) is 13.3. The summed E-state index contributed by atoms with van der Waals surface area (Å²) in [4.78, 5) is 16.0. The number of rotatable bonds is 2. The summed E-state index contributed by atoms with van der Waals surface area (Å²) in [7, 11) is 2.99. The molecule has 2 aromatic rings. The molecule has 0 aliphatic heterocycles. The molecule has 0 spiro atoms. The lowest BCUT2D eigenvalue weighted by atomic mass is 10.1. The van der Waals surface area contributed by atoms with Crippen LogP contribution in [0.3, 0.4) is 0 Å². The molecule has 5 heteroatoms. The molecule has 0 unspecified atom stereocenters. The Hall–Kier alpha value is -2.30. The average molecular weight is 246 g/mol. The van der Waals surface area contributed by atoms with Crippen molar-refractivity contribution < 1.29 is 9.84 Å². The van der Waals surface area contributed by atoms with E-state index < -0.39 is 0 Å². The minimum atomic E-state index is -0.366. The zero-order valence-electron chi connectivity index (χ0n) is 10.5. The van der Waals surface area contributed by atoms with Crippen LogP contribution in [0.1, 0.15) is 6.92 Å². The molecule has 1 heterocycles. The van der Waals surface area contributed by atoms with Crippen LogP contribution in [0.25, 0.3) is 10.9 Å². The first-order chi connectivity index (χ1) is 8.60. The predicted octanol–water partition coefficient (Wildman–Crippen LogP) is 1.97. The van der Waals surface area contributed by atoms with Crippen molar-refractivity contribution in [1.82, 2.24) is 4.57 Å². The Morgan fingerprint density at radius 3 is 2.78 bits per heavy atom. The molecule has 1 N–H and O–H groups in total. The second-order valence-electron chi connectivity index (χ2n) is 3.83. The van der Waals surface area contributed by atoms with Gasteiger partial charge >= 0.3 is 0 Å². The van der Waals surface area contributed by atoms with Gasteiger partial charge in [-0.1, -0.05) is 0 Å². The molecule has 0 amide bonds. The Labute approximate surface area is 104 Å². The lowest BCUT2D eigenvalue weighted by molar-refractivity contribution is 0.368. The van der Waals surface area contributed by atoms with E-state index in [0.717, 1.165) is 0 Å². The van der Waals surface area contributed by atoms with Gasteiger partial charge in [-0.15, -0.1) is 0 Å². The van der Waals surface area contributed by atoms with Crippen molar-refractivity contribution in [2.24, 2.45) is 12.0 Å². The van der Waals surface area contributed by atoms with Crippen molar-refractivity contribution in [2.75, 3.05) is 7.11 Å². The number of hydrogen-bond donors (Lipinski definition) is 1. The number of ether oxygens (including phenoxy) is 1. The summed E-state index contributed by atoms with van der Waals surface area (Å²) in [5.41, 5.74) is 0.976. The molecule has 0 saturated carbocycles. The van der Waals surface area contributed by atoms with Crippen molar-refractivity contribution in [3.8, 4) is 11.5 Å². The predicted molar refractivity (Wildman–Crippen MR) is 71.2 cm³/mol. The number of hydrogen-bond acceptors (Lipinski definition) is 4. The van der Waals surface area contributed by atoms with Crippen molar-refractivity contribution in [3.05, 3.63) is 28.6 Å². The van der Waals surface area contributed by atoms with E-state index in [1.165, 1.54) is 11.7 Å². The summed E-state index contributed by atoms with van der Waals surface area (Å²) < 4.78 is 6.38. The van der Waals surface area contributed by atoms with Gasteiger partial charge in [-0.05, 0) is 25.1 Å². The van der Waals surface area contributed by atoms with E-state index in [-0.39, 0.29) is 17.1 Å².